The molecule has 0 spiro atoms. The molecule has 1 N–H and O–H groups in total. The van der Waals surface area contributed by atoms with Crippen molar-refractivity contribution in [3.05, 3.63) is 63.6 Å². The molecule has 21 heavy (non-hydrogen) atoms. The molecule has 2 aromatic rings. The van der Waals surface area contributed by atoms with Gasteiger partial charge in [0, 0.05) is 4.47 Å². The third kappa shape index (κ3) is 3.86. The fourth-order valence-electron chi connectivity index (χ4n) is 2.47. The zero-order valence-electron chi connectivity index (χ0n) is 12.8. The SMILES string of the molecule is CCNC(c1ccc(OCC)cc1)c1cccc(Br)c1C. The summed E-state index contributed by atoms with van der Waals surface area (Å²) in [6.45, 7) is 7.90. The molecule has 0 aliphatic carbocycles. The van der Waals surface area contributed by atoms with Crippen LogP contribution in [0.25, 0.3) is 0 Å². The average Bonchev–Trinajstić information content (AvgIpc) is 2.49. The largest absolute Gasteiger partial charge is 0.494 e. The second kappa shape index (κ2) is 7.62. The number of halogens is 1. The quantitative estimate of drug-likeness (QED) is 0.805. The average molecular weight is 348 g/mol. The zero-order valence-corrected chi connectivity index (χ0v) is 14.4. The number of nitrogens with one attached hydrogen (secondary N) is 1. The summed E-state index contributed by atoms with van der Waals surface area (Å²) in [7, 11) is 0. The molecular formula is C18H22BrNO. The van der Waals surface area contributed by atoms with E-state index in [0.29, 0.717) is 6.61 Å². The molecule has 2 aromatic carbocycles. The Labute approximate surface area is 135 Å². The lowest BCUT2D eigenvalue weighted by Crippen LogP contribution is -2.22. The van der Waals surface area contributed by atoms with E-state index in [2.05, 4.69) is 65.4 Å². The lowest BCUT2D eigenvalue weighted by Gasteiger charge is -2.22. The lowest BCUT2D eigenvalue weighted by atomic mass is 9.95. The molecule has 2 rings (SSSR count). The summed E-state index contributed by atoms with van der Waals surface area (Å²) in [4.78, 5) is 0. The summed E-state index contributed by atoms with van der Waals surface area (Å²) in [6, 6.07) is 14.9. The van der Waals surface area contributed by atoms with Gasteiger partial charge in [0.1, 0.15) is 5.75 Å². The van der Waals surface area contributed by atoms with E-state index in [4.69, 9.17) is 4.74 Å². The van der Waals surface area contributed by atoms with Crippen LogP contribution in [0.2, 0.25) is 0 Å². The van der Waals surface area contributed by atoms with Crippen molar-refractivity contribution in [1.29, 1.82) is 0 Å². The van der Waals surface area contributed by atoms with Crippen molar-refractivity contribution in [2.75, 3.05) is 13.2 Å². The first-order valence-electron chi connectivity index (χ1n) is 7.38. The Balaban J connectivity index is 2.36. The van der Waals surface area contributed by atoms with Gasteiger partial charge in [0.15, 0.2) is 0 Å². The van der Waals surface area contributed by atoms with Crippen LogP contribution in [0.4, 0.5) is 0 Å². The minimum atomic E-state index is 0.197. The van der Waals surface area contributed by atoms with Crippen molar-refractivity contribution in [2.45, 2.75) is 26.8 Å². The first kappa shape index (κ1) is 16.1. The summed E-state index contributed by atoms with van der Waals surface area (Å²) < 4.78 is 6.67. The van der Waals surface area contributed by atoms with Crippen molar-refractivity contribution in [1.82, 2.24) is 5.32 Å². The molecule has 3 heteroatoms. The molecular weight excluding hydrogens is 326 g/mol. The zero-order chi connectivity index (χ0) is 15.2. The molecule has 0 heterocycles. The highest BCUT2D eigenvalue weighted by atomic mass is 79.9. The summed E-state index contributed by atoms with van der Waals surface area (Å²) in [5, 5.41) is 3.57. The van der Waals surface area contributed by atoms with Crippen LogP contribution in [0, 0.1) is 6.92 Å². The van der Waals surface area contributed by atoms with E-state index in [-0.39, 0.29) is 6.04 Å². The van der Waals surface area contributed by atoms with Gasteiger partial charge in [-0.2, -0.15) is 0 Å². The van der Waals surface area contributed by atoms with Crippen LogP contribution in [0.1, 0.15) is 36.6 Å². The number of benzene rings is 2. The van der Waals surface area contributed by atoms with Crippen molar-refractivity contribution >= 4 is 15.9 Å². The molecule has 0 radical (unpaired) electrons. The summed E-state index contributed by atoms with van der Waals surface area (Å²) >= 11 is 3.62. The molecule has 0 bridgehead atoms. The first-order valence-corrected chi connectivity index (χ1v) is 8.17. The van der Waals surface area contributed by atoms with Gasteiger partial charge in [-0.1, -0.05) is 47.1 Å². The molecule has 0 saturated heterocycles. The number of rotatable bonds is 6. The fourth-order valence-corrected chi connectivity index (χ4v) is 2.85. The van der Waals surface area contributed by atoms with E-state index in [9.17, 15) is 0 Å². The van der Waals surface area contributed by atoms with Crippen LogP contribution < -0.4 is 10.1 Å². The normalized spacial score (nSPS) is 12.2. The first-order chi connectivity index (χ1) is 10.2. The van der Waals surface area contributed by atoms with E-state index < -0.39 is 0 Å². The number of ether oxygens (including phenoxy) is 1. The van der Waals surface area contributed by atoms with Crippen LogP contribution in [0.15, 0.2) is 46.9 Å². The van der Waals surface area contributed by atoms with E-state index in [1.54, 1.807) is 0 Å². The van der Waals surface area contributed by atoms with E-state index in [1.165, 1.54) is 16.7 Å². The second-order valence-corrected chi connectivity index (χ2v) is 5.80. The minimum absolute atomic E-state index is 0.197. The van der Waals surface area contributed by atoms with Crippen molar-refractivity contribution < 1.29 is 4.74 Å². The van der Waals surface area contributed by atoms with Crippen LogP contribution in [0.5, 0.6) is 5.75 Å². The molecule has 1 unspecified atom stereocenters. The third-order valence-electron chi connectivity index (χ3n) is 3.55. The minimum Gasteiger partial charge on any atom is -0.494 e. The standard InChI is InChI=1S/C18H22BrNO/c1-4-20-18(16-7-6-8-17(19)13(16)3)14-9-11-15(12-10-14)21-5-2/h6-12,18,20H,4-5H2,1-3H3. The summed E-state index contributed by atoms with van der Waals surface area (Å²) in [5.41, 5.74) is 3.83. The van der Waals surface area contributed by atoms with Gasteiger partial charge < -0.3 is 10.1 Å². The van der Waals surface area contributed by atoms with Gasteiger partial charge in [0.05, 0.1) is 12.6 Å². The second-order valence-electron chi connectivity index (χ2n) is 4.95. The Kier molecular flexibility index (Phi) is 5.83. The topological polar surface area (TPSA) is 21.3 Å². The number of hydrogen-bond donors (Lipinski definition) is 1. The van der Waals surface area contributed by atoms with Gasteiger partial charge in [0.25, 0.3) is 0 Å². The highest BCUT2D eigenvalue weighted by molar-refractivity contribution is 9.10. The van der Waals surface area contributed by atoms with Gasteiger partial charge in [-0.25, -0.2) is 0 Å². The molecule has 0 saturated carbocycles. The van der Waals surface area contributed by atoms with Crippen LogP contribution >= 0.6 is 15.9 Å². The summed E-state index contributed by atoms with van der Waals surface area (Å²) in [6.07, 6.45) is 0. The van der Waals surface area contributed by atoms with Crippen molar-refractivity contribution in [3.8, 4) is 5.75 Å². The van der Waals surface area contributed by atoms with Gasteiger partial charge in [-0.15, -0.1) is 0 Å². The lowest BCUT2D eigenvalue weighted by molar-refractivity contribution is 0.340. The van der Waals surface area contributed by atoms with E-state index >= 15 is 0 Å². The number of hydrogen-bond acceptors (Lipinski definition) is 2. The predicted octanol–water partition coefficient (Wildman–Crippen LogP) is 4.86. The fraction of sp³-hybridized carbons (Fsp3) is 0.333. The maximum atomic E-state index is 5.52. The highest BCUT2D eigenvalue weighted by Crippen LogP contribution is 2.29. The highest BCUT2D eigenvalue weighted by Gasteiger charge is 2.16. The van der Waals surface area contributed by atoms with Crippen molar-refractivity contribution in [3.63, 3.8) is 0 Å². The monoisotopic (exact) mass is 347 g/mol. The Morgan fingerprint density at radius 3 is 2.43 bits per heavy atom. The van der Waals surface area contributed by atoms with Gasteiger partial charge in [0.2, 0.25) is 0 Å². The van der Waals surface area contributed by atoms with E-state index in [1.807, 2.05) is 19.1 Å². The van der Waals surface area contributed by atoms with Crippen LogP contribution in [0.3, 0.4) is 0 Å². The van der Waals surface area contributed by atoms with E-state index in [0.717, 1.165) is 16.8 Å². The third-order valence-corrected chi connectivity index (χ3v) is 4.41. The van der Waals surface area contributed by atoms with Crippen LogP contribution in [-0.2, 0) is 0 Å². The van der Waals surface area contributed by atoms with Crippen LogP contribution in [-0.4, -0.2) is 13.2 Å². The van der Waals surface area contributed by atoms with Gasteiger partial charge in [-0.05, 0) is 55.3 Å². The molecule has 112 valence electrons. The Morgan fingerprint density at radius 1 is 1.10 bits per heavy atom. The molecule has 0 aromatic heterocycles. The van der Waals surface area contributed by atoms with Crippen molar-refractivity contribution in [2.24, 2.45) is 0 Å². The predicted molar refractivity (Wildman–Crippen MR) is 92.0 cm³/mol. The van der Waals surface area contributed by atoms with Gasteiger partial charge in [-0.3, -0.25) is 0 Å². The molecule has 0 aliphatic heterocycles. The molecule has 0 fully saturated rings. The maximum Gasteiger partial charge on any atom is 0.119 e. The molecule has 0 amide bonds. The summed E-state index contributed by atoms with van der Waals surface area (Å²) in [5.74, 6) is 0.919. The molecule has 0 aliphatic rings. The molecule has 1 atom stereocenters. The Morgan fingerprint density at radius 2 is 1.81 bits per heavy atom. The van der Waals surface area contributed by atoms with Gasteiger partial charge >= 0.3 is 0 Å². The maximum absolute atomic E-state index is 5.52. The Bertz CT molecular complexity index is 580. The molecule has 2 nitrogen and oxygen atoms in total. The Hall–Kier alpha value is -1.32. The smallest absolute Gasteiger partial charge is 0.119 e.